The van der Waals surface area contributed by atoms with Gasteiger partial charge in [-0.3, -0.25) is 43.9 Å². The highest BCUT2D eigenvalue weighted by Crippen LogP contribution is 2.36. The number of piperazine rings is 1. The van der Waals surface area contributed by atoms with Crippen LogP contribution in [0.3, 0.4) is 0 Å². The van der Waals surface area contributed by atoms with Crippen LogP contribution in [0.1, 0.15) is 70.4 Å². The van der Waals surface area contributed by atoms with Crippen molar-refractivity contribution in [3.8, 4) is 6.07 Å². The quantitative estimate of drug-likeness (QED) is 0.251. The van der Waals surface area contributed by atoms with Gasteiger partial charge in [0.15, 0.2) is 0 Å². The van der Waals surface area contributed by atoms with Crippen LogP contribution in [0.25, 0.3) is 0 Å². The van der Waals surface area contributed by atoms with Gasteiger partial charge in [0, 0.05) is 82.6 Å². The van der Waals surface area contributed by atoms with Crippen molar-refractivity contribution in [2.24, 2.45) is 11.8 Å². The summed E-state index contributed by atoms with van der Waals surface area (Å²) in [6, 6.07) is 12.6. The van der Waals surface area contributed by atoms with Crippen molar-refractivity contribution in [3.63, 3.8) is 0 Å². The zero-order valence-corrected chi connectivity index (χ0v) is 34.5. The van der Waals surface area contributed by atoms with E-state index in [-0.39, 0.29) is 48.2 Å². The van der Waals surface area contributed by atoms with E-state index in [1.807, 2.05) is 11.0 Å². The highest BCUT2D eigenvalue weighted by atomic mass is 19.4. The highest BCUT2D eigenvalue weighted by Gasteiger charge is 2.45. The molecule has 5 aliphatic rings. The number of benzene rings is 2. The first kappa shape index (κ1) is 43.1. The summed E-state index contributed by atoms with van der Waals surface area (Å²) in [6.07, 6.45) is 0.173. The van der Waals surface area contributed by atoms with Gasteiger partial charge in [-0.1, -0.05) is 0 Å². The van der Waals surface area contributed by atoms with Crippen molar-refractivity contribution >= 4 is 58.3 Å². The first-order valence-corrected chi connectivity index (χ1v) is 21.2. The monoisotopic (exact) mass is 868 g/mol. The number of piperidine rings is 3. The van der Waals surface area contributed by atoms with Gasteiger partial charge in [0.05, 0.1) is 46.8 Å². The van der Waals surface area contributed by atoms with E-state index >= 15 is 0 Å². The lowest BCUT2D eigenvalue weighted by Crippen LogP contribution is -2.54. The number of amides is 6. The van der Waals surface area contributed by atoms with E-state index in [1.54, 1.807) is 29.3 Å². The fourth-order valence-corrected chi connectivity index (χ4v) is 9.13. The number of imide groups is 2. The van der Waals surface area contributed by atoms with E-state index in [0.29, 0.717) is 62.1 Å². The molecule has 0 spiro atoms. The summed E-state index contributed by atoms with van der Waals surface area (Å²) in [6.45, 7) is 6.20. The van der Waals surface area contributed by atoms with Crippen LogP contribution in [-0.4, -0.2) is 127 Å². The van der Waals surface area contributed by atoms with E-state index in [1.165, 1.54) is 24.3 Å². The lowest BCUT2D eigenvalue weighted by atomic mass is 9.95. The summed E-state index contributed by atoms with van der Waals surface area (Å²) in [7, 11) is 0. The van der Waals surface area contributed by atoms with Crippen LogP contribution in [-0.2, 0) is 25.4 Å². The standard InChI is InChI=1S/C44H47F3N10O6/c45-44(46,47)35-22-31(3-1-29(35)23-48)54-15-11-28(12-16-54)40(60)51-37-7-4-32(24-50-37)55-13-9-27(10-14-55)26-53-17-19-56(20-18-53)39(59)25-49-30-2-5-33-34(21-30)43(63)57(42(33)62)36-6-8-38(58)52-41(36)61/h1-5,7,21-22,24,27-28,36,49H,6,8-20,25-26H2,(H,50,51,60)(H,52,58,61). The van der Waals surface area contributed by atoms with Crippen LogP contribution in [0.4, 0.5) is 36.1 Å². The van der Waals surface area contributed by atoms with Crippen LogP contribution < -0.4 is 25.8 Å². The molecule has 4 fully saturated rings. The Balaban J connectivity index is 0.729. The van der Waals surface area contributed by atoms with E-state index in [4.69, 9.17) is 5.26 Å². The average Bonchev–Trinajstić information content (AvgIpc) is 3.53. The number of pyridine rings is 1. The molecule has 1 aromatic heterocycles. The molecule has 0 radical (unpaired) electrons. The van der Waals surface area contributed by atoms with Crippen LogP contribution in [0, 0.1) is 23.2 Å². The summed E-state index contributed by atoms with van der Waals surface area (Å²) in [5.74, 6) is -1.92. The number of anilines is 4. The minimum atomic E-state index is -4.63. The van der Waals surface area contributed by atoms with E-state index in [9.17, 15) is 41.9 Å². The molecule has 19 heteroatoms. The second-order valence-electron chi connectivity index (χ2n) is 16.7. The van der Waals surface area contributed by atoms with Crippen LogP contribution in [0.5, 0.6) is 0 Å². The third-order valence-electron chi connectivity index (χ3n) is 12.8. The molecule has 0 bridgehead atoms. The minimum absolute atomic E-state index is 0.0136. The third-order valence-corrected chi connectivity index (χ3v) is 12.8. The number of carbonyl (C=O) groups is 6. The molecule has 3 aromatic rings. The largest absolute Gasteiger partial charge is 0.417 e. The SMILES string of the molecule is N#Cc1ccc(N2CCC(C(=O)Nc3ccc(N4CCC(CN5CCN(C(=O)CNc6ccc7c(c6)C(=O)N(C6CCC(=O)NC6=O)C7=O)CC5)CC4)cn3)CC2)cc1C(F)(F)F. The maximum Gasteiger partial charge on any atom is 0.417 e. The van der Waals surface area contributed by atoms with Gasteiger partial charge in [0.25, 0.3) is 11.8 Å². The van der Waals surface area contributed by atoms with Gasteiger partial charge >= 0.3 is 6.18 Å². The number of nitrogens with zero attached hydrogens (tertiary/aromatic N) is 7. The zero-order chi connectivity index (χ0) is 44.4. The molecule has 4 saturated heterocycles. The second kappa shape index (κ2) is 18.0. The number of nitrogens with one attached hydrogen (secondary N) is 3. The van der Waals surface area contributed by atoms with Crippen LogP contribution in [0.15, 0.2) is 54.7 Å². The molecule has 6 amide bonds. The van der Waals surface area contributed by atoms with Crippen molar-refractivity contribution in [1.29, 1.82) is 5.26 Å². The fourth-order valence-electron chi connectivity index (χ4n) is 9.13. The Morgan fingerprint density at radius 1 is 0.810 bits per heavy atom. The molecule has 8 rings (SSSR count). The summed E-state index contributed by atoms with van der Waals surface area (Å²) in [4.78, 5) is 90.0. The number of fused-ring (bicyclic) bond motifs is 1. The predicted octanol–water partition coefficient (Wildman–Crippen LogP) is 3.70. The number of aromatic nitrogens is 1. The maximum absolute atomic E-state index is 13.5. The topological polar surface area (TPSA) is 191 Å². The summed E-state index contributed by atoms with van der Waals surface area (Å²) < 4.78 is 40.4. The van der Waals surface area contributed by atoms with Gasteiger partial charge in [0.1, 0.15) is 11.9 Å². The van der Waals surface area contributed by atoms with Gasteiger partial charge in [-0.15, -0.1) is 0 Å². The summed E-state index contributed by atoms with van der Waals surface area (Å²) in [5, 5.41) is 17.3. The molecule has 0 saturated carbocycles. The Morgan fingerprint density at radius 2 is 1.49 bits per heavy atom. The van der Waals surface area contributed by atoms with Crippen molar-refractivity contribution < 1.29 is 41.9 Å². The van der Waals surface area contributed by atoms with Gasteiger partial charge in [-0.25, -0.2) is 4.98 Å². The second-order valence-corrected chi connectivity index (χ2v) is 16.7. The van der Waals surface area contributed by atoms with Gasteiger partial charge < -0.3 is 25.3 Å². The molecule has 6 heterocycles. The van der Waals surface area contributed by atoms with Gasteiger partial charge in [-0.05, 0) is 86.6 Å². The Kier molecular flexibility index (Phi) is 12.3. The molecule has 16 nitrogen and oxygen atoms in total. The van der Waals surface area contributed by atoms with E-state index in [2.05, 4.69) is 30.7 Å². The Morgan fingerprint density at radius 3 is 2.16 bits per heavy atom. The number of hydrogen-bond donors (Lipinski definition) is 3. The van der Waals surface area contributed by atoms with Gasteiger partial charge in [-0.2, -0.15) is 18.4 Å². The molecule has 5 aliphatic heterocycles. The molecule has 2 aromatic carbocycles. The van der Waals surface area contributed by atoms with E-state index in [0.717, 1.165) is 62.2 Å². The third kappa shape index (κ3) is 9.45. The number of nitriles is 1. The van der Waals surface area contributed by atoms with Crippen molar-refractivity contribution in [2.75, 3.05) is 85.9 Å². The first-order valence-electron chi connectivity index (χ1n) is 21.2. The summed E-state index contributed by atoms with van der Waals surface area (Å²) in [5.41, 5.74) is 0.782. The predicted molar refractivity (Wildman–Crippen MR) is 224 cm³/mol. The number of hydrogen-bond acceptors (Lipinski definition) is 12. The lowest BCUT2D eigenvalue weighted by Gasteiger charge is -2.39. The Bertz CT molecular complexity index is 2330. The Hall–Kier alpha value is -6.55. The van der Waals surface area contributed by atoms with Crippen LogP contribution >= 0.6 is 0 Å². The normalized spacial score (nSPS) is 20.4. The molecular weight excluding hydrogens is 822 g/mol. The zero-order valence-electron chi connectivity index (χ0n) is 34.5. The maximum atomic E-state index is 13.5. The first-order chi connectivity index (χ1) is 30.2. The molecule has 63 heavy (non-hydrogen) atoms. The minimum Gasteiger partial charge on any atom is -0.376 e. The number of alkyl halides is 3. The van der Waals surface area contributed by atoms with Crippen molar-refractivity contribution in [1.82, 2.24) is 25.0 Å². The number of carbonyl (C=O) groups excluding carboxylic acids is 6. The molecule has 0 aliphatic carbocycles. The highest BCUT2D eigenvalue weighted by molar-refractivity contribution is 6.23. The molecule has 1 atom stereocenters. The van der Waals surface area contributed by atoms with Crippen LogP contribution in [0.2, 0.25) is 0 Å². The molecule has 1 unspecified atom stereocenters. The molecule has 330 valence electrons. The number of halogens is 3. The average molecular weight is 869 g/mol. The van der Waals surface area contributed by atoms with E-state index < -0.39 is 47.0 Å². The molecule has 3 N–H and O–H groups in total. The summed E-state index contributed by atoms with van der Waals surface area (Å²) >= 11 is 0. The Labute approximate surface area is 361 Å². The van der Waals surface area contributed by atoms with Crippen molar-refractivity contribution in [2.45, 2.75) is 50.7 Å². The lowest BCUT2D eigenvalue weighted by molar-refractivity contribution is -0.138. The van der Waals surface area contributed by atoms with Crippen molar-refractivity contribution in [3.05, 3.63) is 77.0 Å². The fraction of sp³-hybridized carbons (Fsp3) is 0.455. The molecular formula is C44H47F3N10O6. The smallest absolute Gasteiger partial charge is 0.376 e. The number of rotatable bonds is 10. The van der Waals surface area contributed by atoms with Gasteiger partial charge in [0.2, 0.25) is 23.6 Å².